The van der Waals surface area contributed by atoms with Crippen molar-refractivity contribution in [1.29, 1.82) is 0 Å². The fourth-order valence-electron chi connectivity index (χ4n) is 2.50. The molecule has 120 valence electrons. The first-order valence-electron chi connectivity index (χ1n) is 7.77. The molecule has 1 aromatic rings. The highest BCUT2D eigenvalue weighted by atomic mass is 19.1. The predicted molar refractivity (Wildman–Crippen MR) is 86.4 cm³/mol. The maximum atomic E-state index is 13.1. The molecule has 3 N–H and O–H groups in total. The van der Waals surface area contributed by atoms with E-state index in [-0.39, 0.29) is 18.3 Å². The molecule has 0 saturated heterocycles. The Morgan fingerprint density at radius 1 is 1.36 bits per heavy atom. The normalized spacial score (nSPS) is 15.6. The van der Waals surface area contributed by atoms with Crippen molar-refractivity contribution in [3.8, 4) is 0 Å². The van der Waals surface area contributed by atoms with E-state index in [1.165, 1.54) is 25.0 Å². The summed E-state index contributed by atoms with van der Waals surface area (Å²) in [6, 6.07) is 6.25. The summed E-state index contributed by atoms with van der Waals surface area (Å²) < 4.78 is 13.1. The van der Waals surface area contributed by atoms with Gasteiger partial charge in [0.05, 0.1) is 0 Å². The van der Waals surface area contributed by atoms with Gasteiger partial charge in [0.25, 0.3) is 0 Å². The summed E-state index contributed by atoms with van der Waals surface area (Å²) in [5, 5.41) is 9.11. The van der Waals surface area contributed by atoms with Gasteiger partial charge >= 0.3 is 0 Å². The van der Waals surface area contributed by atoms with Gasteiger partial charge in [0.1, 0.15) is 12.4 Å². The number of hydrogen-bond donors (Lipinski definition) is 3. The standard InChI is InChI=1S/C16H23FN4O/c1-2-18-16(21-13-7-3-4-8-13)19-11-15(22)20-14-9-5-6-12(17)10-14/h5-6,9-10,13H,2-4,7-8,11H2,1H3,(H,20,22)(H2,18,19,21). The van der Waals surface area contributed by atoms with Crippen LogP contribution in [0.4, 0.5) is 10.1 Å². The zero-order chi connectivity index (χ0) is 15.8. The molecule has 0 bridgehead atoms. The molecule has 1 amide bonds. The van der Waals surface area contributed by atoms with Crippen LogP contribution >= 0.6 is 0 Å². The molecule has 22 heavy (non-hydrogen) atoms. The van der Waals surface area contributed by atoms with E-state index in [1.807, 2.05) is 6.92 Å². The van der Waals surface area contributed by atoms with Crippen LogP contribution in [0.15, 0.2) is 29.3 Å². The summed E-state index contributed by atoms with van der Waals surface area (Å²) in [4.78, 5) is 16.2. The Morgan fingerprint density at radius 3 is 2.82 bits per heavy atom. The van der Waals surface area contributed by atoms with E-state index in [2.05, 4.69) is 20.9 Å². The van der Waals surface area contributed by atoms with E-state index in [4.69, 9.17) is 0 Å². The average molecular weight is 306 g/mol. The average Bonchev–Trinajstić information content (AvgIpc) is 2.98. The number of guanidine groups is 1. The number of nitrogens with zero attached hydrogens (tertiary/aromatic N) is 1. The van der Waals surface area contributed by atoms with Gasteiger partial charge in [0.2, 0.25) is 5.91 Å². The third-order valence-electron chi connectivity index (χ3n) is 3.53. The minimum atomic E-state index is -0.377. The van der Waals surface area contributed by atoms with Crippen LogP contribution in [0.25, 0.3) is 0 Å². The third-order valence-corrected chi connectivity index (χ3v) is 3.53. The van der Waals surface area contributed by atoms with Crippen molar-refractivity contribution in [2.45, 2.75) is 38.6 Å². The molecule has 0 aliphatic heterocycles. The van der Waals surface area contributed by atoms with Crippen molar-refractivity contribution < 1.29 is 9.18 Å². The largest absolute Gasteiger partial charge is 0.357 e. The number of hydrogen-bond acceptors (Lipinski definition) is 2. The number of rotatable bonds is 5. The van der Waals surface area contributed by atoms with E-state index in [1.54, 1.807) is 12.1 Å². The van der Waals surface area contributed by atoms with Gasteiger partial charge in [0, 0.05) is 18.3 Å². The van der Waals surface area contributed by atoms with Crippen LogP contribution in [0.1, 0.15) is 32.6 Å². The first-order chi connectivity index (χ1) is 10.7. The van der Waals surface area contributed by atoms with Crippen molar-refractivity contribution in [2.75, 3.05) is 18.4 Å². The molecule has 0 unspecified atom stereocenters. The first-order valence-corrected chi connectivity index (χ1v) is 7.77. The van der Waals surface area contributed by atoms with Crippen molar-refractivity contribution in [1.82, 2.24) is 10.6 Å². The van der Waals surface area contributed by atoms with Gasteiger partial charge in [0.15, 0.2) is 5.96 Å². The maximum absolute atomic E-state index is 13.1. The summed E-state index contributed by atoms with van der Waals surface area (Å²) in [5.41, 5.74) is 0.439. The molecule has 5 nitrogen and oxygen atoms in total. The number of aliphatic imine (C=N–C) groups is 1. The molecular formula is C16H23FN4O. The first kappa shape index (κ1) is 16.3. The number of benzene rings is 1. The van der Waals surface area contributed by atoms with E-state index in [9.17, 15) is 9.18 Å². The highest BCUT2D eigenvalue weighted by Crippen LogP contribution is 2.17. The molecular weight excluding hydrogens is 283 g/mol. The summed E-state index contributed by atoms with van der Waals surface area (Å²) in [6.07, 6.45) is 4.74. The van der Waals surface area contributed by atoms with E-state index in [0.717, 1.165) is 19.4 Å². The smallest absolute Gasteiger partial charge is 0.246 e. The van der Waals surface area contributed by atoms with Gasteiger partial charge in [-0.2, -0.15) is 0 Å². The number of nitrogens with one attached hydrogen (secondary N) is 3. The Balaban J connectivity index is 1.87. The Morgan fingerprint density at radius 2 is 2.14 bits per heavy atom. The lowest BCUT2D eigenvalue weighted by atomic mass is 10.2. The highest BCUT2D eigenvalue weighted by molar-refractivity contribution is 5.94. The number of anilines is 1. The monoisotopic (exact) mass is 306 g/mol. The zero-order valence-corrected chi connectivity index (χ0v) is 12.9. The van der Waals surface area contributed by atoms with Crippen molar-refractivity contribution in [3.05, 3.63) is 30.1 Å². The minimum Gasteiger partial charge on any atom is -0.357 e. The third kappa shape index (κ3) is 5.35. The second-order valence-corrected chi connectivity index (χ2v) is 5.38. The van der Waals surface area contributed by atoms with Crippen molar-refractivity contribution in [2.24, 2.45) is 4.99 Å². The van der Waals surface area contributed by atoms with Crippen LogP contribution in [0, 0.1) is 5.82 Å². The molecule has 1 aromatic carbocycles. The quantitative estimate of drug-likeness (QED) is 0.577. The van der Waals surface area contributed by atoms with Gasteiger partial charge in [-0.1, -0.05) is 18.9 Å². The Labute approximate surface area is 130 Å². The molecule has 2 rings (SSSR count). The molecule has 1 fully saturated rings. The number of halogens is 1. The SMILES string of the molecule is CCNC(=NCC(=O)Nc1cccc(F)c1)NC1CCCC1. The highest BCUT2D eigenvalue weighted by Gasteiger charge is 2.16. The van der Waals surface area contributed by atoms with Crippen LogP contribution in [-0.4, -0.2) is 31.0 Å². The molecule has 0 heterocycles. The molecule has 6 heteroatoms. The summed E-state index contributed by atoms with van der Waals surface area (Å²) in [6.45, 7) is 2.72. The lowest BCUT2D eigenvalue weighted by Crippen LogP contribution is -2.42. The van der Waals surface area contributed by atoms with Crippen LogP contribution in [0.2, 0.25) is 0 Å². The van der Waals surface area contributed by atoms with Gasteiger partial charge < -0.3 is 16.0 Å². The minimum absolute atomic E-state index is 0.00142. The second kappa shape index (κ2) is 8.36. The lowest BCUT2D eigenvalue weighted by Gasteiger charge is -2.16. The van der Waals surface area contributed by atoms with E-state index in [0.29, 0.717) is 17.7 Å². The topological polar surface area (TPSA) is 65.5 Å². The fraction of sp³-hybridized carbons (Fsp3) is 0.500. The predicted octanol–water partition coefficient (Wildman–Crippen LogP) is 2.26. The number of carbonyl (C=O) groups excluding carboxylic acids is 1. The van der Waals surface area contributed by atoms with Crippen molar-refractivity contribution >= 4 is 17.6 Å². The molecule has 0 atom stereocenters. The van der Waals surface area contributed by atoms with Gasteiger partial charge in [-0.3, -0.25) is 4.79 Å². The lowest BCUT2D eigenvalue weighted by molar-refractivity contribution is -0.114. The number of amides is 1. The Kier molecular flexibility index (Phi) is 6.18. The van der Waals surface area contributed by atoms with Crippen LogP contribution in [-0.2, 0) is 4.79 Å². The van der Waals surface area contributed by atoms with E-state index < -0.39 is 0 Å². The Bertz CT molecular complexity index is 527. The summed E-state index contributed by atoms with van der Waals surface area (Å²) >= 11 is 0. The zero-order valence-electron chi connectivity index (χ0n) is 12.9. The van der Waals surface area contributed by atoms with E-state index >= 15 is 0 Å². The molecule has 0 aromatic heterocycles. The summed E-state index contributed by atoms with van der Waals surface area (Å²) in [5.74, 6) is 0.00978. The van der Waals surface area contributed by atoms with Gasteiger partial charge in [-0.05, 0) is 38.0 Å². The molecule has 1 aliphatic carbocycles. The van der Waals surface area contributed by atoms with Crippen LogP contribution in [0.5, 0.6) is 0 Å². The second-order valence-electron chi connectivity index (χ2n) is 5.38. The number of carbonyl (C=O) groups is 1. The molecule has 1 aliphatic rings. The maximum Gasteiger partial charge on any atom is 0.246 e. The molecule has 0 spiro atoms. The van der Waals surface area contributed by atoms with Crippen LogP contribution < -0.4 is 16.0 Å². The molecule has 0 radical (unpaired) electrons. The summed E-state index contributed by atoms with van der Waals surface area (Å²) in [7, 11) is 0. The molecule has 1 saturated carbocycles. The van der Waals surface area contributed by atoms with Gasteiger partial charge in [-0.15, -0.1) is 0 Å². The Hall–Kier alpha value is -2.11. The van der Waals surface area contributed by atoms with Crippen molar-refractivity contribution in [3.63, 3.8) is 0 Å². The fourth-order valence-corrected chi connectivity index (χ4v) is 2.50. The van der Waals surface area contributed by atoms with Gasteiger partial charge in [-0.25, -0.2) is 9.38 Å². The van der Waals surface area contributed by atoms with Crippen LogP contribution in [0.3, 0.4) is 0 Å².